The van der Waals surface area contributed by atoms with E-state index in [0.717, 1.165) is 6.26 Å². The monoisotopic (exact) mass is 484 g/mol. The topological polar surface area (TPSA) is 108 Å². The SMILES string of the molecule is COc1c(Cc2c(C)c3ccc(Oc4ncccc4F)cc3oc2=O)cccc1NS(C)(=O)=O. The molecule has 0 saturated carbocycles. The summed E-state index contributed by atoms with van der Waals surface area (Å²) in [6.45, 7) is 1.79. The summed E-state index contributed by atoms with van der Waals surface area (Å²) in [7, 11) is -2.10. The maximum Gasteiger partial charge on any atom is 0.340 e. The highest BCUT2D eigenvalue weighted by atomic mass is 32.2. The van der Waals surface area contributed by atoms with Gasteiger partial charge < -0.3 is 13.9 Å². The predicted molar refractivity (Wildman–Crippen MR) is 126 cm³/mol. The molecule has 1 N–H and O–H groups in total. The van der Waals surface area contributed by atoms with Crippen LogP contribution in [0.5, 0.6) is 17.4 Å². The van der Waals surface area contributed by atoms with Crippen molar-refractivity contribution in [3.05, 3.63) is 87.7 Å². The van der Waals surface area contributed by atoms with Crippen LogP contribution in [0.1, 0.15) is 16.7 Å². The van der Waals surface area contributed by atoms with Gasteiger partial charge in [-0.05, 0) is 42.8 Å². The maximum absolute atomic E-state index is 13.8. The number of para-hydroxylation sites is 1. The third-order valence-corrected chi connectivity index (χ3v) is 5.75. The zero-order chi connectivity index (χ0) is 24.5. The second-order valence-electron chi connectivity index (χ2n) is 7.59. The van der Waals surface area contributed by atoms with Crippen LogP contribution >= 0.6 is 0 Å². The number of anilines is 1. The van der Waals surface area contributed by atoms with Crippen LogP contribution in [0.15, 0.2) is 63.9 Å². The molecule has 0 bridgehead atoms. The number of hydrogen-bond acceptors (Lipinski definition) is 7. The smallest absolute Gasteiger partial charge is 0.340 e. The summed E-state index contributed by atoms with van der Waals surface area (Å²) in [6, 6.07) is 12.5. The van der Waals surface area contributed by atoms with Crippen molar-refractivity contribution in [3.8, 4) is 17.4 Å². The third kappa shape index (κ3) is 4.86. The lowest BCUT2D eigenvalue weighted by molar-refractivity contribution is 0.412. The molecule has 0 radical (unpaired) electrons. The molecule has 0 aliphatic heterocycles. The number of aryl methyl sites for hydroxylation is 1. The molecule has 0 unspecified atom stereocenters. The highest BCUT2D eigenvalue weighted by Crippen LogP contribution is 2.33. The van der Waals surface area contributed by atoms with E-state index >= 15 is 0 Å². The van der Waals surface area contributed by atoms with E-state index in [1.54, 1.807) is 37.3 Å². The molecule has 34 heavy (non-hydrogen) atoms. The van der Waals surface area contributed by atoms with Crippen LogP contribution in [0.4, 0.5) is 10.1 Å². The largest absolute Gasteiger partial charge is 0.494 e. The van der Waals surface area contributed by atoms with Crippen molar-refractivity contribution in [3.63, 3.8) is 0 Å². The minimum absolute atomic E-state index is 0.157. The van der Waals surface area contributed by atoms with Gasteiger partial charge in [-0.2, -0.15) is 0 Å². The maximum atomic E-state index is 13.8. The number of sulfonamides is 1. The number of nitrogens with zero attached hydrogens (tertiary/aromatic N) is 1. The standard InChI is InChI=1S/C24H21FN2O6S/c1-14-17-10-9-16(32-23-19(25)7-5-11-26-23)13-21(17)33-24(28)18(14)12-15-6-4-8-20(22(15)31-2)27-34(3,29)30/h4-11,13,27H,12H2,1-3H3. The van der Waals surface area contributed by atoms with E-state index < -0.39 is 21.5 Å². The molecule has 0 saturated heterocycles. The van der Waals surface area contributed by atoms with Crippen molar-refractivity contribution in [2.24, 2.45) is 0 Å². The van der Waals surface area contributed by atoms with Gasteiger partial charge in [0.1, 0.15) is 17.1 Å². The molecule has 0 amide bonds. The normalized spacial score (nSPS) is 11.4. The van der Waals surface area contributed by atoms with E-state index in [1.807, 2.05) is 0 Å². The van der Waals surface area contributed by atoms with Gasteiger partial charge in [0.15, 0.2) is 5.82 Å². The molecule has 2 aromatic heterocycles. The Morgan fingerprint density at radius 3 is 2.65 bits per heavy atom. The van der Waals surface area contributed by atoms with Gasteiger partial charge in [-0.1, -0.05) is 12.1 Å². The zero-order valence-corrected chi connectivity index (χ0v) is 19.4. The van der Waals surface area contributed by atoms with Crippen molar-refractivity contribution >= 4 is 26.7 Å². The lowest BCUT2D eigenvalue weighted by Crippen LogP contribution is -2.13. The fourth-order valence-electron chi connectivity index (χ4n) is 3.64. The van der Waals surface area contributed by atoms with E-state index in [1.165, 1.54) is 31.5 Å². The second-order valence-corrected chi connectivity index (χ2v) is 9.34. The van der Waals surface area contributed by atoms with E-state index in [2.05, 4.69) is 9.71 Å². The van der Waals surface area contributed by atoms with Crippen molar-refractivity contribution < 1.29 is 26.7 Å². The lowest BCUT2D eigenvalue weighted by atomic mass is 9.98. The lowest BCUT2D eigenvalue weighted by Gasteiger charge is -2.15. The number of pyridine rings is 1. The Hall–Kier alpha value is -3.92. The van der Waals surface area contributed by atoms with E-state index in [9.17, 15) is 17.6 Å². The number of nitrogens with one attached hydrogen (secondary N) is 1. The first kappa shape index (κ1) is 23.2. The van der Waals surface area contributed by atoms with Gasteiger partial charge in [-0.15, -0.1) is 0 Å². The van der Waals surface area contributed by atoms with Crippen LogP contribution in [0, 0.1) is 12.7 Å². The van der Waals surface area contributed by atoms with Gasteiger partial charge in [-0.3, -0.25) is 4.72 Å². The fourth-order valence-corrected chi connectivity index (χ4v) is 4.20. The fraction of sp³-hybridized carbons (Fsp3) is 0.167. The molecule has 0 aliphatic carbocycles. The molecule has 4 rings (SSSR count). The molecule has 176 valence electrons. The minimum atomic E-state index is -3.52. The summed E-state index contributed by atoms with van der Waals surface area (Å²) in [5.41, 5.74) is 1.68. The number of methoxy groups -OCH3 is 1. The first-order chi connectivity index (χ1) is 16.2. The Bertz CT molecular complexity index is 1550. The Labute approximate surface area is 195 Å². The molecule has 0 aliphatic rings. The number of hydrogen-bond donors (Lipinski definition) is 1. The molecule has 0 spiro atoms. The van der Waals surface area contributed by atoms with Gasteiger partial charge in [0.05, 0.1) is 19.1 Å². The van der Waals surface area contributed by atoms with Crippen LogP contribution < -0.4 is 19.8 Å². The molecule has 0 fully saturated rings. The number of fused-ring (bicyclic) bond motifs is 1. The van der Waals surface area contributed by atoms with E-state index in [0.29, 0.717) is 27.8 Å². The van der Waals surface area contributed by atoms with Crippen molar-refractivity contribution in [2.45, 2.75) is 13.3 Å². The number of halogens is 1. The highest BCUT2D eigenvalue weighted by molar-refractivity contribution is 7.92. The minimum Gasteiger partial charge on any atom is -0.494 e. The Morgan fingerprint density at radius 2 is 1.94 bits per heavy atom. The van der Waals surface area contributed by atoms with E-state index in [-0.39, 0.29) is 29.3 Å². The molecular weight excluding hydrogens is 463 g/mol. The third-order valence-electron chi connectivity index (χ3n) is 5.16. The summed E-state index contributed by atoms with van der Waals surface area (Å²) in [4.78, 5) is 16.7. The second kappa shape index (κ2) is 9.14. The average Bonchev–Trinajstić information content (AvgIpc) is 2.77. The Balaban J connectivity index is 1.72. The van der Waals surface area contributed by atoms with Crippen molar-refractivity contribution in [2.75, 3.05) is 18.1 Å². The quantitative estimate of drug-likeness (QED) is 0.388. The van der Waals surface area contributed by atoms with Gasteiger partial charge in [0, 0.05) is 35.2 Å². The molecule has 8 nitrogen and oxygen atoms in total. The summed E-state index contributed by atoms with van der Waals surface area (Å²) >= 11 is 0. The summed E-state index contributed by atoms with van der Waals surface area (Å²) in [5, 5.41) is 0.674. The number of aromatic nitrogens is 1. The van der Waals surface area contributed by atoms with Gasteiger partial charge >= 0.3 is 5.63 Å². The first-order valence-electron chi connectivity index (χ1n) is 10.1. The molecule has 10 heteroatoms. The van der Waals surface area contributed by atoms with Gasteiger partial charge in [0.25, 0.3) is 5.88 Å². The van der Waals surface area contributed by atoms with Crippen LogP contribution in [-0.4, -0.2) is 26.8 Å². The summed E-state index contributed by atoms with van der Waals surface area (Å²) in [6.07, 6.45) is 2.61. The Morgan fingerprint density at radius 1 is 1.15 bits per heavy atom. The zero-order valence-electron chi connectivity index (χ0n) is 18.6. The predicted octanol–water partition coefficient (Wildman–Crippen LogP) is 4.40. The summed E-state index contributed by atoms with van der Waals surface area (Å²) < 4.78 is 56.1. The van der Waals surface area contributed by atoms with Crippen LogP contribution in [0.3, 0.4) is 0 Å². The van der Waals surface area contributed by atoms with Gasteiger partial charge in [-0.25, -0.2) is 22.6 Å². The molecule has 2 aromatic carbocycles. The molecule has 4 aromatic rings. The molecular formula is C24H21FN2O6S. The molecule has 2 heterocycles. The van der Waals surface area contributed by atoms with Crippen molar-refractivity contribution in [1.82, 2.24) is 4.98 Å². The summed E-state index contributed by atoms with van der Waals surface area (Å²) in [5.74, 6) is -0.223. The number of benzene rings is 2. The van der Waals surface area contributed by atoms with Crippen molar-refractivity contribution in [1.29, 1.82) is 0 Å². The average molecular weight is 485 g/mol. The number of rotatable bonds is 7. The molecule has 0 atom stereocenters. The highest BCUT2D eigenvalue weighted by Gasteiger charge is 2.18. The Kier molecular flexibility index (Phi) is 6.25. The van der Waals surface area contributed by atoms with Gasteiger partial charge in [0.2, 0.25) is 10.0 Å². The van der Waals surface area contributed by atoms with Crippen LogP contribution in [0.2, 0.25) is 0 Å². The van der Waals surface area contributed by atoms with Crippen LogP contribution in [0.25, 0.3) is 11.0 Å². The van der Waals surface area contributed by atoms with E-state index in [4.69, 9.17) is 13.9 Å². The first-order valence-corrected chi connectivity index (χ1v) is 12.0. The number of ether oxygens (including phenoxy) is 2. The van der Waals surface area contributed by atoms with Crippen LogP contribution in [-0.2, 0) is 16.4 Å².